The van der Waals surface area contributed by atoms with Gasteiger partial charge >= 0.3 is 0 Å². The van der Waals surface area contributed by atoms with Crippen LogP contribution in [0.3, 0.4) is 0 Å². The molecule has 1 aromatic carbocycles. The average molecular weight is 295 g/mol. The van der Waals surface area contributed by atoms with Gasteiger partial charge in [-0.25, -0.2) is 4.39 Å². The van der Waals surface area contributed by atoms with E-state index in [0.29, 0.717) is 6.04 Å². The highest BCUT2D eigenvalue weighted by Gasteiger charge is 2.22. The van der Waals surface area contributed by atoms with Crippen molar-refractivity contribution in [3.8, 4) is 0 Å². The molecule has 1 atom stereocenters. The lowest BCUT2D eigenvalue weighted by atomic mass is 9.93. The Hall–Kier alpha value is -0.540. The minimum absolute atomic E-state index is 0.152. The summed E-state index contributed by atoms with van der Waals surface area (Å²) in [6.45, 7) is 3.22. The molecule has 1 saturated carbocycles. The lowest BCUT2D eigenvalue weighted by molar-refractivity contribution is 0.347. The molecule has 112 valence electrons. The van der Waals surface area contributed by atoms with Crippen LogP contribution in [0.5, 0.6) is 0 Å². The second kappa shape index (κ2) is 8.68. The SMILES string of the molecule is CCNC(CSc1ccc(F)cc1)C1CCCCCC1. The van der Waals surface area contributed by atoms with Crippen LogP contribution in [0.2, 0.25) is 0 Å². The second-order valence-electron chi connectivity index (χ2n) is 5.68. The van der Waals surface area contributed by atoms with Crippen molar-refractivity contribution in [2.75, 3.05) is 12.3 Å². The van der Waals surface area contributed by atoms with Gasteiger partial charge in [0.2, 0.25) is 0 Å². The normalized spacial score (nSPS) is 18.7. The van der Waals surface area contributed by atoms with Gasteiger partial charge in [0.15, 0.2) is 0 Å². The summed E-state index contributed by atoms with van der Waals surface area (Å²) in [7, 11) is 0. The summed E-state index contributed by atoms with van der Waals surface area (Å²) in [5.41, 5.74) is 0. The Morgan fingerprint density at radius 3 is 2.40 bits per heavy atom. The fourth-order valence-electron chi connectivity index (χ4n) is 3.05. The molecule has 1 N–H and O–H groups in total. The topological polar surface area (TPSA) is 12.0 Å². The summed E-state index contributed by atoms with van der Waals surface area (Å²) in [6, 6.07) is 7.46. The fourth-order valence-corrected chi connectivity index (χ4v) is 4.14. The van der Waals surface area contributed by atoms with Crippen LogP contribution in [0, 0.1) is 11.7 Å². The molecule has 0 aliphatic heterocycles. The molecule has 0 bridgehead atoms. The second-order valence-corrected chi connectivity index (χ2v) is 6.77. The van der Waals surface area contributed by atoms with Crippen molar-refractivity contribution in [2.24, 2.45) is 5.92 Å². The van der Waals surface area contributed by atoms with E-state index in [1.807, 2.05) is 23.9 Å². The predicted octanol–water partition coefficient (Wildman–Crippen LogP) is 4.87. The van der Waals surface area contributed by atoms with Crippen molar-refractivity contribution in [3.63, 3.8) is 0 Å². The van der Waals surface area contributed by atoms with Crippen LogP contribution in [-0.4, -0.2) is 18.3 Å². The molecule has 0 radical (unpaired) electrons. The zero-order valence-electron chi connectivity index (χ0n) is 12.4. The van der Waals surface area contributed by atoms with Crippen molar-refractivity contribution in [1.29, 1.82) is 0 Å². The van der Waals surface area contributed by atoms with E-state index >= 15 is 0 Å². The van der Waals surface area contributed by atoms with Gasteiger partial charge in [-0.15, -0.1) is 11.8 Å². The van der Waals surface area contributed by atoms with Crippen LogP contribution in [-0.2, 0) is 0 Å². The highest BCUT2D eigenvalue weighted by Crippen LogP contribution is 2.29. The van der Waals surface area contributed by atoms with Crippen molar-refractivity contribution >= 4 is 11.8 Å². The fraction of sp³-hybridized carbons (Fsp3) is 0.647. The van der Waals surface area contributed by atoms with Gasteiger partial charge in [-0.3, -0.25) is 0 Å². The van der Waals surface area contributed by atoms with Crippen molar-refractivity contribution in [1.82, 2.24) is 5.32 Å². The van der Waals surface area contributed by atoms with Gasteiger partial charge in [0.05, 0.1) is 0 Å². The van der Waals surface area contributed by atoms with E-state index in [9.17, 15) is 4.39 Å². The highest BCUT2D eigenvalue weighted by molar-refractivity contribution is 7.99. The Bertz CT molecular complexity index is 371. The van der Waals surface area contributed by atoms with Gasteiger partial charge in [-0.2, -0.15) is 0 Å². The lowest BCUT2D eigenvalue weighted by Gasteiger charge is -2.26. The molecular formula is C17H26FNS. The number of halogens is 1. The van der Waals surface area contributed by atoms with Gasteiger partial charge in [-0.05, 0) is 49.6 Å². The summed E-state index contributed by atoms with van der Waals surface area (Å²) >= 11 is 1.85. The molecule has 0 amide bonds. The Labute approximate surface area is 126 Å². The summed E-state index contributed by atoms with van der Waals surface area (Å²) in [6.07, 6.45) is 8.30. The third-order valence-corrected chi connectivity index (χ3v) is 5.31. The van der Waals surface area contributed by atoms with Crippen molar-refractivity contribution < 1.29 is 4.39 Å². The minimum Gasteiger partial charge on any atom is -0.313 e. The van der Waals surface area contributed by atoms with Gasteiger partial charge in [-0.1, -0.05) is 32.6 Å². The molecule has 1 nitrogen and oxygen atoms in total. The zero-order valence-corrected chi connectivity index (χ0v) is 13.2. The minimum atomic E-state index is -0.152. The molecule has 1 aromatic rings. The molecule has 1 fully saturated rings. The lowest BCUT2D eigenvalue weighted by Crippen LogP contribution is -2.38. The van der Waals surface area contributed by atoms with Crippen molar-refractivity contribution in [2.45, 2.75) is 56.4 Å². The number of thioether (sulfide) groups is 1. The number of rotatable bonds is 6. The molecule has 0 heterocycles. The molecule has 1 unspecified atom stereocenters. The van der Waals surface area contributed by atoms with E-state index in [4.69, 9.17) is 0 Å². The molecular weight excluding hydrogens is 269 g/mol. The van der Waals surface area contributed by atoms with Crippen LogP contribution in [0.15, 0.2) is 29.2 Å². The maximum absolute atomic E-state index is 12.9. The Balaban J connectivity index is 1.89. The summed E-state index contributed by atoms with van der Waals surface area (Å²) < 4.78 is 12.9. The van der Waals surface area contributed by atoms with E-state index in [-0.39, 0.29) is 5.82 Å². The van der Waals surface area contributed by atoms with Gasteiger partial charge in [0.25, 0.3) is 0 Å². The Morgan fingerprint density at radius 1 is 1.15 bits per heavy atom. The monoisotopic (exact) mass is 295 g/mol. The third-order valence-electron chi connectivity index (χ3n) is 4.18. The first-order valence-electron chi connectivity index (χ1n) is 7.91. The first-order valence-corrected chi connectivity index (χ1v) is 8.90. The summed E-state index contributed by atoms with van der Waals surface area (Å²) in [4.78, 5) is 1.17. The van der Waals surface area contributed by atoms with Gasteiger partial charge in [0, 0.05) is 16.7 Å². The molecule has 2 rings (SSSR count). The molecule has 0 spiro atoms. The quantitative estimate of drug-likeness (QED) is 0.594. The Kier molecular flexibility index (Phi) is 6.88. The van der Waals surface area contributed by atoms with E-state index in [1.165, 1.54) is 43.4 Å². The first kappa shape index (κ1) is 15.8. The van der Waals surface area contributed by atoms with Gasteiger partial charge < -0.3 is 5.32 Å². The molecule has 3 heteroatoms. The summed E-state index contributed by atoms with van der Waals surface area (Å²) in [5.74, 6) is 1.75. The largest absolute Gasteiger partial charge is 0.313 e. The molecule has 20 heavy (non-hydrogen) atoms. The van der Waals surface area contributed by atoms with Crippen LogP contribution < -0.4 is 5.32 Å². The Morgan fingerprint density at radius 2 is 1.80 bits per heavy atom. The van der Waals surface area contributed by atoms with Crippen LogP contribution in [0.1, 0.15) is 45.4 Å². The van der Waals surface area contributed by atoms with Crippen molar-refractivity contribution in [3.05, 3.63) is 30.1 Å². The number of benzene rings is 1. The van der Waals surface area contributed by atoms with E-state index < -0.39 is 0 Å². The van der Waals surface area contributed by atoms with Crippen LogP contribution >= 0.6 is 11.8 Å². The number of hydrogen-bond donors (Lipinski definition) is 1. The number of nitrogens with one attached hydrogen (secondary N) is 1. The smallest absolute Gasteiger partial charge is 0.123 e. The van der Waals surface area contributed by atoms with Gasteiger partial charge in [0.1, 0.15) is 5.82 Å². The first-order chi connectivity index (χ1) is 9.79. The molecule has 1 aliphatic rings. The van der Waals surface area contributed by atoms with E-state index in [0.717, 1.165) is 18.2 Å². The summed E-state index contributed by atoms with van der Waals surface area (Å²) in [5, 5.41) is 3.67. The van der Waals surface area contributed by atoms with Crippen LogP contribution in [0.4, 0.5) is 4.39 Å². The zero-order chi connectivity index (χ0) is 14.2. The maximum Gasteiger partial charge on any atom is 0.123 e. The van der Waals surface area contributed by atoms with E-state index in [1.54, 1.807) is 12.1 Å². The third kappa shape index (κ3) is 5.10. The van der Waals surface area contributed by atoms with Crippen LogP contribution in [0.25, 0.3) is 0 Å². The highest BCUT2D eigenvalue weighted by atomic mass is 32.2. The molecule has 1 aliphatic carbocycles. The maximum atomic E-state index is 12.9. The standard InChI is InChI=1S/C17H26FNS/c1-2-19-17(14-7-5-3-4-6-8-14)13-20-16-11-9-15(18)10-12-16/h9-12,14,17,19H,2-8,13H2,1H3. The molecule has 0 aromatic heterocycles. The predicted molar refractivity (Wildman–Crippen MR) is 85.8 cm³/mol. The average Bonchev–Trinajstić information content (AvgIpc) is 2.74. The van der Waals surface area contributed by atoms with E-state index in [2.05, 4.69) is 12.2 Å². The number of hydrogen-bond acceptors (Lipinski definition) is 2. The molecule has 0 saturated heterocycles.